The fourth-order valence-electron chi connectivity index (χ4n) is 2.17. The first-order valence-electron chi connectivity index (χ1n) is 7.23. The maximum Gasteiger partial charge on any atom is 0.234 e. The van der Waals surface area contributed by atoms with Gasteiger partial charge < -0.3 is 10.3 Å². The first-order valence-corrected chi connectivity index (χ1v) is 8.66. The molecule has 1 amide bonds. The third-order valence-electron chi connectivity index (χ3n) is 3.39. The Morgan fingerprint density at radius 2 is 2.00 bits per heavy atom. The van der Waals surface area contributed by atoms with Crippen LogP contribution in [0.1, 0.15) is 18.0 Å². The number of hydrogen-bond donors (Lipinski definition) is 2. The summed E-state index contributed by atoms with van der Waals surface area (Å²) in [7, 11) is 0. The smallest absolute Gasteiger partial charge is 0.234 e. The maximum absolute atomic E-state index is 12.0. The molecule has 1 atom stereocenters. The minimum absolute atomic E-state index is 0.0414. The minimum atomic E-state index is -0.0414. The number of anilines is 1. The van der Waals surface area contributed by atoms with Gasteiger partial charge in [0.2, 0.25) is 5.91 Å². The van der Waals surface area contributed by atoms with E-state index in [-0.39, 0.29) is 11.2 Å². The van der Waals surface area contributed by atoms with Gasteiger partial charge in [-0.2, -0.15) is 0 Å². The molecule has 0 saturated carbocycles. The Balaban J connectivity index is 1.56. The largest absolute Gasteiger partial charge is 0.341 e. The maximum atomic E-state index is 12.0. The summed E-state index contributed by atoms with van der Waals surface area (Å²) in [6, 6.07) is 15.0. The van der Waals surface area contributed by atoms with E-state index in [1.165, 1.54) is 0 Å². The number of nitrogens with zero attached hydrogens (tertiary/aromatic N) is 1. The van der Waals surface area contributed by atoms with Gasteiger partial charge in [0.25, 0.3) is 0 Å². The van der Waals surface area contributed by atoms with Crippen LogP contribution < -0.4 is 5.32 Å². The molecule has 0 bridgehead atoms. The van der Waals surface area contributed by atoms with Gasteiger partial charge in [-0.3, -0.25) is 4.79 Å². The zero-order chi connectivity index (χ0) is 16.2. The fourth-order valence-corrected chi connectivity index (χ4v) is 3.04. The lowest BCUT2D eigenvalue weighted by atomic mass is 10.3. The van der Waals surface area contributed by atoms with Crippen LogP contribution in [-0.2, 0) is 4.79 Å². The summed E-state index contributed by atoms with van der Waals surface area (Å²) in [5.41, 5.74) is 2.71. The van der Waals surface area contributed by atoms with Crippen LogP contribution >= 0.6 is 23.4 Å². The number of thioether (sulfide) groups is 1. The highest BCUT2D eigenvalue weighted by molar-refractivity contribution is 8.00. The number of benzene rings is 2. The number of para-hydroxylation sites is 2. The molecule has 3 aromatic rings. The number of carbonyl (C=O) groups is 1. The minimum Gasteiger partial charge on any atom is -0.341 e. The van der Waals surface area contributed by atoms with Crippen molar-refractivity contribution in [1.29, 1.82) is 0 Å². The Morgan fingerprint density at radius 1 is 1.26 bits per heavy atom. The summed E-state index contributed by atoms with van der Waals surface area (Å²) < 4.78 is 0. The van der Waals surface area contributed by atoms with E-state index >= 15 is 0 Å². The van der Waals surface area contributed by atoms with Crippen LogP contribution in [0.15, 0.2) is 48.5 Å². The summed E-state index contributed by atoms with van der Waals surface area (Å²) in [6.45, 7) is 2.04. The van der Waals surface area contributed by atoms with Gasteiger partial charge in [-0.1, -0.05) is 23.7 Å². The van der Waals surface area contributed by atoms with E-state index in [0.717, 1.165) is 22.5 Å². The van der Waals surface area contributed by atoms with Crippen molar-refractivity contribution in [3.05, 3.63) is 59.4 Å². The lowest BCUT2D eigenvalue weighted by Crippen LogP contribution is -2.14. The topological polar surface area (TPSA) is 57.8 Å². The van der Waals surface area contributed by atoms with Crippen molar-refractivity contribution >= 4 is 46.0 Å². The van der Waals surface area contributed by atoms with E-state index in [9.17, 15) is 4.79 Å². The lowest BCUT2D eigenvalue weighted by molar-refractivity contribution is -0.113. The van der Waals surface area contributed by atoms with E-state index in [1.807, 2.05) is 31.2 Å². The molecule has 2 N–H and O–H groups in total. The molecule has 1 aromatic heterocycles. The van der Waals surface area contributed by atoms with Gasteiger partial charge in [-0.05, 0) is 43.3 Å². The predicted octanol–water partition coefficient (Wildman–Crippen LogP) is 4.65. The number of hydrogen-bond acceptors (Lipinski definition) is 3. The molecule has 1 unspecified atom stereocenters. The number of amides is 1. The summed E-state index contributed by atoms with van der Waals surface area (Å²) in [5.74, 6) is 1.21. The molecule has 0 saturated heterocycles. The van der Waals surface area contributed by atoms with Crippen molar-refractivity contribution in [3.8, 4) is 0 Å². The van der Waals surface area contributed by atoms with Crippen molar-refractivity contribution in [2.45, 2.75) is 12.2 Å². The quantitative estimate of drug-likeness (QED) is 0.707. The second-order valence-corrected chi connectivity index (χ2v) is 6.91. The number of carbonyl (C=O) groups excluding carboxylic acids is 1. The standard InChI is InChI=1S/C17H16ClN3OS/c1-11(17-20-14-4-2-3-5-15(14)21-17)23-10-16(22)19-13-8-6-12(18)7-9-13/h2-9,11H,10H2,1H3,(H,19,22)(H,20,21). The number of nitrogens with one attached hydrogen (secondary N) is 2. The zero-order valence-electron chi connectivity index (χ0n) is 12.5. The molecule has 0 aliphatic heterocycles. The van der Waals surface area contributed by atoms with Gasteiger partial charge in [-0.15, -0.1) is 11.8 Å². The number of imidazole rings is 1. The number of aromatic amines is 1. The van der Waals surface area contributed by atoms with Gasteiger partial charge in [-0.25, -0.2) is 4.98 Å². The Bertz CT molecular complexity index is 783. The van der Waals surface area contributed by atoms with E-state index in [1.54, 1.807) is 36.0 Å². The molecule has 2 aromatic carbocycles. The van der Waals surface area contributed by atoms with Crippen molar-refractivity contribution in [1.82, 2.24) is 9.97 Å². The molecule has 3 rings (SSSR count). The first-order chi connectivity index (χ1) is 11.1. The van der Waals surface area contributed by atoms with Crippen LogP contribution in [0.5, 0.6) is 0 Å². The highest BCUT2D eigenvalue weighted by Crippen LogP contribution is 2.27. The number of halogens is 1. The number of H-pyrrole nitrogens is 1. The molecule has 1 heterocycles. The summed E-state index contributed by atoms with van der Waals surface area (Å²) >= 11 is 7.37. The normalized spacial score (nSPS) is 12.3. The van der Waals surface area contributed by atoms with Gasteiger partial charge in [0.15, 0.2) is 0 Å². The lowest BCUT2D eigenvalue weighted by Gasteiger charge is -2.09. The SMILES string of the molecule is CC(SCC(=O)Nc1ccc(Cl)cc1)c1nc2ccccc2[nH]1. The van der Waals surface area contributed by atoms with Crippen LogP contribution in [0.2, 0.25) is 5.02 Å². The third kappa shape index (κ3) is 4.06. The number of fused-ring (bicyclic) bond motifs is 1. The average molecular weight is 346 g/mol. The number of rotatable bonds is 5. The predicted molar refractivity (Wildman–Crippen MR) is 97.0 cm³/mol. The highest BCUT2D eigenvalue weighted by Gasteiger charge is 2.13. The molecule has 23 heavy (non-hydrogen) atoms. The highest BCUT2D eigenvalue weighted by atomic mass is 35.5. The Labute approximate surface area is 143 Å². The van der Waals surface area contributed by atoms with Gasteiger partial charge in [0, 0.05) is 10.7 Å². The third-order valence-corrected chi connectivity index (χ3v) is 4.79. The van der Waals surface area contributed by atoms with Crippen molar-refractivity contribution < 1.29 is 4.79 Å². The van der Waals surface area contributed by atoms with Crippen LogP contribution in [0.3, 0.4) is 0 Å². The fraction of sp³-hybridized carbons (Fsp3) is 0.176. The second kappa shape index (κ2) is 7.06. The van der Waals surface area contributed by atoms with E-state index < -0.39 is 0 Å². The van der Waals surface area contributed by atoms with Crippen LogP contribution in [0.4, 0.5) is 5.69 Å². The monoisotopic (exact) mass is 345 g/mol. The van der Waals surface area contributed by atoms with Crippen molar-refractivity contribution in [3.63, 3.8) is 0 Å². The first kappa shape index (κ1) is 15.9. The second-order valence-electron chi connectivity index (χ2n) is 5.15. The number of aromatic nitrogens is 2. The molecule has 4 nitrogen and oxygen atoms in total. The average Bonchev–Trinajstić information content (AvgIpc) is 2.99. The summed E-state index contributed by atoms with van der Waals surface area (Å²) in [4.78, 5) is 19.9. The van der Waals surface area contributed by atoms with Crippen LogP contribution in [0, 0.1) is 0 Å². The van der Waals surface area contributed by atoms with Crippen molar-refractivity contribution in [2.24, 2.45) is 0 Å². The Morgan fingerprint density at radius 3 is 2.74 bits per heavy atom. The molecule has 0 spiro atoms. The molecule has 0 fully saturated rings. The van der Waals surface area contributed by atoms with Crippen LogP contribution in [0.25, 0.3) is 11.0 Å². The van der Waals surface area contributed by atoms with Gasteiger partial charge >= 0.3 is 0 Å². The molecule has 0 aliphatic carbocycles. The van der Waals surface area contributed by atoms with E-state index in [0.29, 0.717) is 10.8 Å². The van der Waals surface area contributed by atoms with Crippen LogP contribution in [-0.4, -0.2) is 21.6 Å². The van der Waals surface area contributed by atoms with Gasteiger partial charge in [0.1, 0.15) is 5.82 Å². The molecule has 0 aliphatic rings. The molecule has 118 valence electrons. The Kier molecular flexibility index (Phi) is 4.88. The van der Waals surface area contributed by atoms with Crippen molar-refractivity contribution in [2.75, 3.05) is 11.1 Å². The molecular formula is C17H16ClN3OS. The molecular weight excluding hydrogens is 330 g/mol. The summed E-state index contributed by atoms with van der Waals surface area (Å²) in [5, 5.41) is 3.61. The molecule has 0 radical (unpaired) electrons. The zero-order valence-corrected chi connectivity index (χ0v) is 14.1. The summed E-state index contributed by atoms with van der Waals surface area (Å²) in [6.07, 6.45) is 0. The Hall–Kier alpha value is -1.98. The van der Waals surface area contributed by atoms with Gasteiger partial charge in [0.05, 0.1) is 22.0 Å². The van der Waals surface area contributed by atoms with E-state index in [4.69, 9.17) is 11.6 Å². The molecule has 6 heteroatoms. The van der Waals surface area contributed by atoms with E-state index in [2.05, 4.69) is 15.3 Å².